The van der Waals surface area contributed by atoms with Crippen molar-refractivity contribution in [2.45, 2.75) is 26.4 Å². The van der Waals surface area contributed by atoms with Crippen LogP contribution in [0.15, 0.2) is 48.1 Å². The summed E-state index contributed by atoms with van der Waals surface area (Å²) >= 11 is 1.30. The van der Waals surface area contributed by atoms with Crippen LogP contribution in [0.3, 0.4) is 0 Å². The Morgan fingerprint density at radius 3 is 2.85 bits per heavy atom. The molecule has 3 aromatic rings. The topological polar surface area (TPSA) is 86.1 Å². The van der Waals surface area contributed by atoms with Crippen molar-refractivity contribution in [2.24, 2.45) is 0 Å². The van der Waals surface area contributed by atoms with Crippen LogP contribution in [0.1, 0.15) is 24.6 Å². The minimum atomic E-state index is -0.300. The Hall–Kier alpha value is -3.00. The van der Waals surface area contributed by atoms with Gasteiger partial charge < -0.3 is 10.1 Å². The zero-order valence-electron chi connectivity index (χ0n) is 14.2. The Morgan fingerprint density at radius 2 is 2.08 bits per heavy atom. The molecule has 0 atom stereocenters. The van der Waals surface area contributed by atoms with Crippen LogP contribution in [-0.2, 0) is 27.4 Å². The summed E-state index contributed by atoms with van der Waals surface area (Å²) in [7, 11) is 0. The number of benzene rings is 1. The Bertz CT molecular complexity index is 889. The molecule has 1 aromatic carbocycles. The average molecular weight is 370 g/mol. The molecule has 0 spiro atoms. The minimum Gasteiger partial charge on any atom is -0.459 e. The van der Waals surface area contributed by atoms with Crippen molar-refractivity contribution in [1.29, 1.82) is 0 Å². The second-order valence-electron chi connectivity index (χ2n) is 5.61. The van der Waals surface area contributed by atoms with Crippen molar-refractivity contribution in [3.63, 3.8) is 0 Å². The monoisotopic (exact) mass is 370 g/mol. The van der Waals surface area contributed by atoms with Crippen LogP contribution in [0, 0.1) is 0 Å². The molecule has 0 aliphatic heterocycles. The van der Waals surface area contributed by atoms with Crippen molar-refractivity contribution in [3.05, 3.63) is 59.4 Å². The van der Waals surface area contributed by atoms with E-state index in [2.05, 4.69) is 15.4 Å². The number of nitrogens with one attached hydrogen (secondary N) is 1. The highest BCUT2D eigenvalue weighted by Gasteiger charge is 2.09. The fourth-order valence-corrected chi connectivity index (χ4v) is 3.01. The average Bonchev–Trinajstić information content (AvgIpc) is 3.28. The van der Waals surface area contributed by atoms with E-state index in [1.54, 1.807) is 16.3 Å². The first-order chi connectivity index (χ1) is 12.6. The summed E-state index contributed by atoms with van der Waals surface area (Å²) in [5.41, 5.74) is 2.55. The number of ether oxygens (including phenoxy) is 1. The maximum absolute atomic E-state index is 11.9. The number of aromatic nitrogens is 3. The van der Waals surface area contributed by atoms with E-state index in [0.717, 1.165) is 11.3 Å². The molecular formula is C18H18N4O3S. The predicted molar refractivity (Wildman–Crippen MR) is 98.1 cm³/mol. The van der Waals surface area contributed by atoms with E-state index in [1.807, 2.05) is 36.5 Å². The van der Waals surface area contributed by atoms with Crippen LogP contribution in [-0.4, -0.2) is 26.6 Å². The molecule has 26 heavy (non-hydrogen) atoms. The molecule has 0 aliphatic carbocycles. The van der Waals surface area contributed by atoms with Crippen LogP contribution in [0.5, 0.6) is 0 Å². The van der Waals surface area contributed by atoms with Gasteiger partial charge in [-0.2, -0.15) is 5.10 Å². The summed E-state index contributed by atoms with van der Waals surface area (Å²) in [6.45, 7) is 1.51. The molecule has 134 valence electrons. The van der Waals surface area contributed by atoms with E-state index in [9.17, 15) is 9.59 Å². The lowest BCUT2D eigenvalue weighted by molar-refractivity contribution is -0.145. The highest BCUT2D eigenvalue weighted by molar-refractivity contribution is 7.13. The number of anilines is 1. The van der Waals surface area contributed by atoms with Crippen LogP contribution >= 0.6 is 11.3 Å². The molecule has 0 fully saturated rings. The number of aryl methyl sites for hydroxylation is 1. The van der Waals surface area contributed by atoms with Gasteiger partial charge >= 0.3 is 5.97 Å². The van der Waals surface area contributed by atoms with Gasteiger partial charge in [0.25, 0.3) is 0 Å². The number of para-hydroxylation sites is 1. The molecule has 3 rings (SSSR count). The number of nitrogens with zero attached hydrogens (tertiary/aromatic N) is 3. The molecule has 8 heteroatoms. The van der Waals surface area contributed by atoms with Gasteiger partial charge in [0.05, 0.1) is 17.6 Å². The maximum Gasteiger partial charge on any atom is 0.306 e. The smallest absolute Gasteiger partial charge is 0.306 e. The fourth-order valence-electron chi connectivity index (χ4n) is 2.27. The molecule has 0 saturated heterocycles. The van der Waals surface area contributed by atoms with Crippen LogP contribution < -0.4 is 5.32 Å². The molecule has 0 bridgehead atoms. The van der Waals surface area contributed by atoms with Crippen molar-refractivity contribution >= 4 is 28.3 Å². The summed E-state index contributed by atoms with van der Waals surface area (Å²) in [6.07, 6.45) is 4.48. The molecule has 1 N–H and O–H groups in total. The zero-order chi connectivity index (χ0) is 18.4. The van der Waals surface area contributed by atoms with Gasteiger partial charge in [0.1, 0.15) is 6.61 Å². The van der Waals surface area contributed by atoms with E-state index in [4.69, 9.17) is 4.74 Å². The van der Waals surface area contributed by atoms with Gasteiger partial charge in [-0.1, -0.05) is 18.2 Å². The summed E-state index contributed by atoms with van der Waals surface area (Å²) in [6, 6.07) is 9.78. The number of carbonyl (C=O) groups is 2. The second-order valence-corrected chi connectivity index (χ2v) is 6.47. The largest absolute Gasteiger partial charge is 0.459 e. The van der Waals surface area contributed by atoms with Crippen LogP contribution in [0.25, 0.3) is 5.69 Å². The van der Waals surface area contributed by atoms with E-state index in [-0.39, 0.29) is 24.9 Å². The van der Waals surface area contributed by atoms with Crippen molar-refractivity contribution < 1.29 is 14.3 Å². The number of carbonyl (C=O) groups excluding carboxylic acids is 2. The molecule has 0 aliphatic rings. The highest BCUT2D eigenvalue weighted by atomic mass is 32.1. The molecular weight excluding hydrogens is 352 g/mol. The molecule has 2 heterocycles. The van der Waals surface area contributed by atoms with Gasteiger partial charge in [0, 0.05) is 24.9 Å². The number of thiazole rings is 1. The SMILES string of the molecule is CC(=O)Nc1nc(COC(=O)CCc2cnn(-c3ccccc3)c2)cs1. The highest BCUT2D eigenvalue weighted by Crippen LogP contribution is 2.16. The molecule has 7 nitrogen and oxygen atoms in total. The third-order valence-electron chi connectivity index (χ3n) is 3.49. The predicted octanol–water partition coefficient (Wildman–Crippen LogP) is 2.96. The summed E-state index contributed by atoms with van der Waals surface area (Å²) in [5, 5.41) is 9.15. The van der Waals surface area contributed by atoms with Crippen LogP contribution in [0.4, 0.5) is 5.13 Å². The summed E-state index contributed by atoms with van der Waals surface area (Å²) < 4.78 is 7.00. The maximum atomic E-state index is 11.9. The third kappa shape index (κ3) is 5.00. The van der Waals surface area contributed by atoms with Gasteiger partial charge in [0.2, 0.25) is 5.91 Å². The Balaban J connectivity index is 1.45. The minimum absolute atomic E-state index is 0.0954. The van der Waals surface area contributed by atoms with Crippen molar-refractivity contribution in [2.75, 3.05) is 5.32 Å². The number of amides is 1. The number of hydrogen-bond acceptors (Lipinski definition) is 6. The van der Waals surface area contributed by atoms with Gasteiger partial charge in [-0.15, -0.1) is 11.3 Å². The first-order valence-corrected chi connectivity index (χ1v) is 8.95. The number of esters is 1. The van der Waals surface area contributed by atoms with E-state index in [1.165, 1.54) is 18.3 Å². The summed E-state index contributed by atoms with van der Waals surface area (Å²) in [4.78, 5) is 27.0. The molecule has 1 amide bonds. The Kier molecular flexibility index (Phi) is 5.75. The van der Waals surface area contributed by atoms with Crippen molar-refractivity contribution in [1.82, 2.24) is 14.8 Å². The zero-order valence-corrected chi connectivity index (χ0v) is 15.0. The van der Waals surface area contributed by atoms with Crippen molar-refractivity contribution in [3.8, 4) is 5.69 Å². The van der Waals surface area contributed by atoms with Gasteiger partial charge in [-0.3, -0.25) is 9.59 Å². The Morgan fingerprint density at radius 1 is 1.27 bits per heavy atom. The first kappa shape index (κ1) is 17.8. The van der Waals surface area contributed by atoms with E-state index in [0.29, 0.717) is 17.2 Å². The molecule has 0 radical (unpaired) electrons. The lowest BCUT2D eigenvalue weighted by Gasteiger charge is -2.02. The van der Waals surface area contributed by atoms with Gasteiger partial charge in [-0.25, -0.2) is 9.67 Å². The molecule has 0 saturated carbocycles. The first-order valence-electron chi connectivity index (χ1n) is 8.07. The molecule has 0 unspecified atom stereocenters. The van der Waals surface area contributed by atoms with E-state index < -0.39 is 0 Å². The Labute approximate surface area is 154 Å². The lowest BCUT2D eigenvalue weighted by Crippen LogP contribution is -2.07. The summed E-state index contributed by atoms with van der Waals surface area (Å²) in [5.74, 6) is -0.481. The van der Waals surface area contributed by atoms with Gasteiger partial charge in [0.15, 0.2) is 5.13 Å². The molecule has 2 aromatic heterocycles. The fraction of sp³-hybridized carbons (Fsp3) is 0.222. The second kappa shape index (κ2) is 8.39. The number of rotatable bonds is 7. The lowest BCUT2D eigenvalue weighted by atomic mass is 10.2. The normalized spacial score (nSPS) is 10.5. The number of hydrogen-bond donors (Lipinski definition) is 1. The van der Waals surface area contributed by atoms with Crippen LogP contribution in [0.2, 0.25) is 0 Å². The van der Waals surface area contributed by atoms with Gasteiger partial charge in [-0.05, 0) is 24.1 Å². The quantitative estimate of drug-likeness (QED) is 0.646. The third-order valence-corrected chi connectivity index (χ3v) is 4.30. The van der Waals surface area contributed by atoms with E-state index >= 15 is 0 Å². The standard InChI is InChI=1S/C18H18N4O3S/c1-13(23)20-18-21-15(12-26-18)11-25-17(24)8-7-14-9-19-22(10-14)16-5-3-2-4-6-16/h2-6,9-10,12H,7-8,11H2,1H3,(H,20,21,23).